The highest BCUT2D eigenvalue weighted by atomic mass is 32.2. The van der Waals surface area contributed by atoms with E-state index in [0.29, 0.717) is 13.1 Å². The third-order valence-corrected chi connectivity index (χ3v) is 4.47. The van der Waals surface area contributed by atoms with Crippen LogP contribution in [0.15, 0.2) is 0 Å². The quantitative estimate of drug-likeness (QED) is 0.599. The van der Waals surface area contributed by atoms with E-state index in [4.69, 9.17) is 0 Å². The van der Waals surface area contributed by atoms with Crippen LogP contribution in [0.3, 0.4) is 0 Å². The Morgan fingerprint density at radius 1 is 1.24 bits per heavy atom. The van der Waals surface area contributed by atoms with Crippen LogP contribution in [-0.2, 0) is 19.7 Å². The molecule has 6 nitrogen and oxygen atoms in total. The first kappa shape index (κ1) is 16.3. The van der Waals surface area contributed by atoms with Gasteiger partial charge in [-0.15, -0.1) is 0 Å². The third kappa shape index (κ3) is 5.01. The van der Waals surface area contributed by atoms with Crippen molar-refractivity contribution in [3.8, 4) is 0 Å². The Morgan fingerprint density at radius 2 is 1.82 bits per heavy atom. The molecule has 0 aromatic rings. The fourth-order valence-corrected chi connectivity index (χ4v) is 2.81. The molecule has 0 heterocycles. The summed E-state index contributed by atoms with van der Waals surface area (Å²) in [6.45, 7) is 4.77. The lowest BCUT2D eigenvalue weighted by Crippen LogP contribution is -2.42. The van der Waals surface area contributed by atoms with Gasteiger partial charge in [0.15, 0.2) is 0 Å². The van der Waals surface area contributed by atoms with Gasteiger partial charge in [-0.25, -0.2) is 0 Å². The highest BCUT2D eigenvalue weighted by Crippen LogP contribution is 2.07. The normalized spacial score (nSPS) is 12.1. The van der Waals surface area contributed by atoms with E-state index >= 15 is 0 Å². The molecule has 0 fully saturated rings. The predicted molar refractivity (Wildman–Crippen MR) is 65.7 cm³/mol. The molecule has 0 bridgehead atoms. The van der Waals surface area contributed by atoms with Crippen LogP contribution in [0, 0.1) is 0 Å². The second kappa shape index (κ2) is 7.62. The van der Waals surface area contributed by atoms with Gasteiger partial charge in [0.2, 0.25) is 0 Å². The van der Waals surface area contributed by atoms with E-state index in [-0.39, 0.29) is 13.0 Å². The summed E-state index contributed by atoms with van der Waals surface area (Å²) < 4.78 is 31.2. The first-order valence-corrected chi connectivity index (χ1v) is 7.08. The van der Waals surface area contributed by atoms with Crippen molar-refractivity contribution in [1.29, 1.82) is 0 Å². The number of ether oxygens (including phenoxy) is 1. The van der Waals surface area contributed by atoms with Crippen molar-refractivity contribution in [2.75, 3.05) is 33.8 Å². The molecule has 0 aromatic carbocycles. The topological polar surface area (TPSA) is 66.9 Å². The first-order chi connectivity index (χ1) is 7.89. The van der Waals surface area contributed by atoms with Crippen molar-refractivity contribution >= 4 is 16.2 Å². The highest BCUT2D eigenvalue weighted by molar-refractivity contribution is 7.86. The maximum absolute atomic E-state index is 12.1. The molecule has 0 aliphatic carbocycles. The molecular weight excluding hydrogens is 244 g/mol. The van der Waals surface area contributed by atoms with Gasteiger partial charge in [0.05, 0.1) is 13.5 Å². The predicted octanol–water partition coefficient (Wildman–Crippen LogP) is 0.458. The number of carbonyl (C=O) groups is 1. The van der Waals surface area contributed by atoms with E-state index in [9.17, 15) is 13.2 Å². The van der Waals surface area contributed by atoms with Crippen LogP contribution in [0.25, 0.3) is 0 Å². The molecule has 0 atom stereocenters. The Bertz CT molecular complexity index is 329. The largest absolute Gasteiger partial charge is 0.469 e. The minimum absolute atomic E-state index is 0.0654. The van der Waals surface area contributed by atoms with Gasteiger partial charge in [0.1, 0.15) is 0 Å². The zero-order valence-corrected chi connectivity index (χ0v) is 11.8. The van der Waals surface area contributed by atoms with Crippen LogP contribution >= 0.6 is 0 Å². The molecular formula is C10H22N2O4S. The van der Waals surface area contributed by atoms with Gasteiger partial charge in [0.25, 0.3) is 10.2 Å². The molecule has 0 amide bonds. The number of rotatable bonds is 8. The van der Waals surface area contributed by atoms with Crippen molar-refractivity contribution in [2.24, 2.45) is 0 Å². The Hall–Kier alpha value is -0.660. The van der Waals surface area contributed by atoms with E-state index in [0.717, 1.165) is 6.42 Å². The number of hydrogen-bond donors (Lipinski definition) is 0. The van der Waals surface area contributed by atoms with Crippen molar-refractivity contribution in [3.05, 3.63) is 0 Å². The van der Waals surface area contributed by atoms with Crippen molar-refractivity contribution < 1.29 is 17.9 Å². The second-order valence-corrected chi connectivity index (χ2v) is 5.68. The Morgan fingerprint density at radius 3 is 2.24 bits per heavy atom. The van der Waals surface area contributed by atoms with E-state index in [1.54, 1.807) is 6.92 Å². The average Bonchev–Trinajstić information content (AvgIpc) is 2.31. The van der Waals surface area contributed by atoms with Crippen LogP contribution in [0.1, 0.15) is 26.7 Å². The number of carbonyl (C=O) groups excluding carboxylic acids is 1. The summed E-state index contributed by atoms with van der Waals surface area (Å²) in [5.41, 5.74) is 0. The van der Waals surface area contributed by atoms with Crippen LogP contribution < -0.4 is 0 Å². The number of esters is 1. The number of methoxy groups -OCH3 is 1. The maximum atomic E-state index is 12.1. The molecule has 0 unspecified atom stereocenters. The summed E-state index contributed by atoms with van der Waals surface area (Å²) >= 11 is 0. The molecule has 102 valence electrons. The second-order valence-electron chi connectivity index (χ2n) is 3.65. The molecule has 0 aliphatic rings. The molecule has 7 heteroatoms. The maximum Gasteiger partial charge on any atom is 0.306 e. The standard InChI is InChI=1S/C10H22N2O4S/c1-5-8-12(6-2)17(14,15)11(3)9-7-10(13)16-4/h5-9H2,1-4H3. The molecule has 17 heavy (non-hydrogen) atoms. The van der Waals surface area contributed by atoms with Gasteiger partial charge in [0, 0.05) is 26.7 Å². The smallest absolute Gasteiger partial charge is 0.306 e. The molecule has 0 saturated heterocycles. The van der Waals surface area contributed by atoms with Crippen molar-refractivity contribution in [1.82, 2.24) is 8.61 Å². The summed E-state index contributed by atoms with van der Waals surface area (Å²) in [5, 5.41) is 0. The van der Waals surface area contributed by atoms with Crippen molar-refractivity contribution in [3.63, 3.8) is 0 Å². The highest BCUT2D eigenvalue weighted by Gasteiger charge is 2.25. The van der Waals surface area contributed by atoms with Gasteiger partial charge >= 0.3 is 5.97 Å². The van der Waals surface area contributed by atoms with E-state index in [2.05, 4.69) is 4.74 Å². The lowest BCUT2D eigenvalue weighted by atomic mass is 10.4. The van der Waals surface area contributed by atoms with E-state index < -0.39 is 16.2 Å². The molecule has 0 saturated carbocycles. The van der Waals surface area contributed by atoms with E-state index in [1.165, 1.54) is 22.8 Å². The Balaban J connectivity index is 4.52. The summed E-state index contributed by atoms with van der Waals surface area (Å²) in [6, 6.07) is 0. The summed E-state index contributed by atoms with van der Waals surface area (Å²) in [5.74, 6) is -0.411. The first-order valence-electron chi connectivity index (χ1n) is 5.68. The molecule has 0 aliphatic heterocycles. The fourth-order valence-electron chi connectivity index (χ4n) is 1.35. The lowest BCUT2D eigenvalue weighted by Gasteiger charge is -2.25. The monoisotopic (exact) mass is 266 g/mol. The van der Waals surface area contributed by atoms with Crippen LogP contribution in [0.5, 0.6) is 0 Å². The summed E-state index contributed by atoms with van der Waals surface area (Å²) in [7, 11) is -0.705. The molecule has 0 rings (SSSR count). The zero-order chi connectivity index (χ0) is 13.5. The molecule has 0 spiro atoms. The zero-order valence-electron chi connectivity index (χ0n) is 11.0. The minimum atomic E-state index is -3.46. The van der Waals surface area contributed by atoms with Crippen LogP contribution in [0.4, 0.5) is 0 Å². The van der Waals surface area contributed by atoms with Gasteiger partial charge in [-0.2, -0.15) is 17.0 Å². The molecule has 0 radical (unpaired) electrons. The minimum Gasteiger partial charge on any atom is -0.469 e. The molecule has 0 N–H and O–H groups in total. The lowest BCUT2D eigenvalue weighted by molar-refractivity contribution is -0.140. The fraction of sp³-hybridized carbons (Fsp3) is 0.900. The van der Waals surface area contributed by atoms with Gasteiger partial charge < -0.3 is 4.74 Å². The SMILES string of the molecule is CCCN(CC)S(=O)(=O)N(C)CCC(=O)OC. The summed E-state index contributed by atoms with van der Waals surface area (Å²) in [6.07, 6.45) is 0.827. The van der Waals surface area contributed by atoms with Crippen LogP contribution in [0.2, 0.25) is 0 Å². The van der Waals surface area contributed by atoms with Gasteiger partial charge in [-0.3, -0.25) is 4.79 Å². The average molecular weight is 266 g/mol. The van der Waals surface area contributed by atoms with Crippen LogP contribution in [-0.4, -0.2) is 56.8 Å². The third-order valence-electron chi connectivity index (χ3n) is 2.40. The van der Waals surface area contributed by atoms with Gasteiger partial charge in [-0.1, -0.05) is 13.8 Å². The van der Waals surface area contributed by atoms with E-state index in [1.807, 2.05) is 6.92 Å². The number of hydrogen-bond acceptors (Lipinski definition) is 4. The Kier molecular flexibility index (Phi) is 7.33. The Labute approximate surface area is 104 Å². The summed E-state index contributed by atoms with van der Waals surface area (Å²) in [4.78, 5) is 11.0. The van der Waals surface area contributed by atoms with Gasteiger partial charge in [-0.05, 0) is 6.42 Å². The van der Waals surface area contributed by atoms with Crippen molar-refractivity contribution in [2.45, 2.75) is 26.7 Å². The molecule has 0 aromatic heterocycles. The number of nitrogens with zero attached hydrogens (tertiary/aromatic N) is 2.